The van der Waals surface area contributed by atoms with E-state index in [0.717, 1.165) is 15.1 Å². The smallest absolute Gasteiger partial charge is 0.322 e. The van der Waals surface area contributed by atoms with E-state index in [0.29, 0.717) is 6.42 Å². The molecule has 1 aromatic rings. The molecule has 16 heavy (non-hydrogen) atoms. The number of carbonyl (C=O) groups excluding carboxylic acids is 1. The number of benzene rings is 1. The maximum atomic E-state index is 11.0. The predicted octanol–water partition coefficient (Wildman–Crippen LogP) is 2.43. The topological polar surface area (TPSA) is 52.3 Å². The summed E-state index contributed by atoms with van der Waals surface area (Å²) in [4.78, 5) is 12.2. The number of esters is 1. The second kappa shape index (κ2) is 6.93. The van der Waals surface area contributed by atoms with Crippen molar-refractivity contribution >= 4 is 33.7 Å². The molecule has 0 aliphatic heterocycles. The van der Waals surface area contributed by atoms with E-state index in [-0.39, 0.29) is 5.97 Å². The molecule has 0 radical (unpaired) electrons. The second-order valence-electron chi connectivity index (χ2n) is 3.22. The van der Waals surface area contributed by atoms with E-state index in [1.54, 1.807) is 11.8 Å². The Labute approximate surface area is 108 Å². The fourth-order valence-corrected chi connectivity index (χ4v) is 2.67. The lowest BCUT2D eigenvalue weighted by atomic mass is 10.2. The molecule has 0 fully saturated rings. The quantitative estimate of drug-likeness (QED) is 0.670. The monoisotopic (exact) mass is 303 g/mol. The standard InChI is InChI=1S/C11H14BrNO2S/c1-15-11(14)10(13)5-6-16-9-4-2-3-8(12)7-9/h2-4,7,10H,5-6,13H2,1H3. The van der Waals surface area contributed by atoms with E-state index >= 15 is 0 Å². The Morgan fingerprint density at radius 3 is 3.00 bits per heavy atom. The normalized spacial score (nSPS) is 12.2. The van der Waals surface area contributed by atoms with Gasteiger partial charge in [-0.1, -0.05) is 22.0 Å². The van der Waals surface area contributed by atoms with Crippen molar-refractivity contribution in [1.82, 2.24) is 0 Å². The summed E-state index contributed by atoms with van der Waals surface area (Å²) in [5.74, 6) is 0.446. The van der Waals surface area contributed by atoms with Crippen LogP contribution in [0.5, 0.6) is 0 Å². The molecule has 1 atom stereocenters. The summed E-state index contributed by atoms with van der Waals surface area (Å²) in [6, 6.07) is 7.49. The zero-order valence-corrected chi connectivity index (χ0v) is 11.4. The van der Waals surface area contributed by atoms with Crippen LogP contribution in [0.4, 0.5) is 0 Å². The van der Waals surface area contributed by atoms with Gasteiger partial charge in [0.15, 0.2) is 0 Å². The SMILES string of the molecule is COC(=O)C(N)CCSc1cccc(Br)c1. The van der Waals surface area contributed by atoms with Crippen LogP contribution in [0.3, 0.4) is 0 Å². The van der Waals surface area contributed by atoms with E-state index in [4.69, 9.17) is 5.73 Å². The van der Waals surface area contributed by atoms with Crippen LogP contribution in [0.25, 0.3) is 0 Å². The van der Waals surface area contributed by atoms with Gasteiger partial charge in [0.05, 0.1) is 7.11 Å². The number of hydrogen-bond acceptors (Lipinski definition) is 4. The number of rotatable bonds is 5. The lowest BCUT2D eigenvalue weighted by Gasteiger charge is -2.08. The molecular formula is C11H14BrNO2S. The lowest BCUT2D eigenvalue weighted by molar-refractivity contribution is -0.142. The number of methoxy groups -OCH3 is 1. The lowest BCUT2D eigenvalue weighted by Crippen LogP contribution is -2.31. The summed E-state index contributed by atoms with van der Waals surface area (Å²) in [5.41, 5.74) is 5.62. The van der Waals surface area contributed by atoms with E-state index in [9.17, 15) is 4.79 Å². The van der Waals surface area contributed by atoms with Crippen LogP contribution in [0, 0.1) is 0 Å². The minimum atomic E-state index is -0.523. The van der Waals surface area contributed by atoms with Gasteiger partial charge in [-0.15, -0.1) is 11.8 Å². The Hall–Kier alpha value is -0.520. The van der Waals surface area contributed by atoms with Gasteiger partial charge in [-0.05, 0) is 24.6 Å². The number of halogens is 1. The fourth-order valence-electron chi connectivity index (χ4n) is 1.13. The molecule has 1 rings (SSSR count). The fraction of sp³-hybridized carbons (Fsp3) is 0.364. The Morgan fingerprint density at radius 1 is 1.62 bits per heavy atom. The highest BCUT2D eigenvalue weighted by Crippen LogP contribution is 2.22. The summed E-state index contributed by atoms with van der Waals surface area (Å²) in [6.45, 7) is 0. The largest absolute Gasteiger partial charge is 0.468 e. The van der Waals surface area contributed by atoms with Crippen LogP contribution in [0.1, 0.15) is 6.42 Å². The highest BCUT2D eigenvalue weighted by Gasteiger charge is 2.12. The summed E-state index contributed by atoms with van der Waals surface area (Å²) >= 11 is 5.08. The highest BCUT2D eigenvalue weighted by molar-refractivity contribution is 9.10. The van der Waals surface area contributed by atoms with Crippen LogP contribution >= 0.6 is 27.7 Å². The maximum absolute atomic E-state index is 11.0. The van der Waals surface area contributed by atoms with Crippen molar-refractivity contribution in [2.24, 2.45) is 5.73 Å². The average molecular weight is 304 g/mol. The van der Waals surface area contributed by atoms with Gasteiger partial charge in [-0.25, -0.2) is 0 Å². The molecule has 0 aliphatic carbocycles. The van der Waals surface area contributed by atoms with Crippen molar-refractivity contribution in [3.63, 3.8) is 0 Å². The predicted molar refractivity (Wildman–Crippen MR) is 69.5 cm³/mol. The van der Waals surface area contributed by atoms with Gasteiger partial charge in [0, 0.05) is 15.1 Å². The molecule has 1 aromatic carbocycles. The molecule has 0 aromatic heterocycles. The first kappa shape index (κ1) is 13.5. The third-order valence-corrected chi connectivity index (χ3v) is 3.52. The number of ether oxygens (including phenoxy) is 1. The van der Waals surface area contributed by atoms with Crippen molar-refractivity contribution in [3.8, 4) is 0 Å². The Morgan fingerprint density at radius 2 is 2.38 bits per heavy atom. The molecule has 0 aliphatic rings. The van der Waals surface area contributed by atoms with Crippen molar-refractivity contribution in [3.05, 3.63) is 28.7 Å². The molecule has 0 amide bonds. The van der Waals surface area contributed by atoms with Gasteiger partial charge in [0.25, 0.3) is 0 Å². The Balaban J connectivity index is 2.33. The molecule has 0 saturated carbocycles. The van der Waals surface area contributed by atoms with Crippen LogP contribution in [-0.2, 0) is 9.53 Å². The third-order valence-electron chi connectivity index (χ3n) is 2.00. The highest BCUT2D eigenvalue weighted by atomic mass is 79.9. The zero-order chi connectivity index (χ0) is 12.0. The first-order valence-corrected chi connectivity index (χ1v) is 6.63. The molecule has 1 unspecified atom stereocenters. The average Bonchev–Trinajstić information content (AvgIpc) is 2.28. The zero-order valence-electron chi connectivity index (χ0n) is 8.98. The second-order valence-corrected chi connectivity index (χ2v) is 5.31. The Kier molecular flexibility index (Phi) is 5.87. The van der Waals surface area contributed by atoms with Crippen molar-refractivity contribution in [1.29, 1.82) is 0 Å². The van der Waals surface area contributed by atoms with E-state index in [1.807, 2.05) is 24.3 Å². The first-order valence-electron chi connectivity index (χ1n) is 4.85. The number of nitrogens with two attached hydrogens (primary N) is 1. The molecular weight excluding hydrogens is 290 g/mol. The molecule has 88 valence electrons. The van der Waals surface area contributed by atoms with Crippen molar-refractivity contribution < 1.29 is 9.53 Å². The summed E-state index contributed by atoms with van der Waals surface area (Å²) in [5, 5.41) is 0. The van der Waals surface area contributed by atoms with Gasteiger partial charge in [0.2, 0.25) is 0 Å². The van der Waals surface area contributed by atoms with Crippen LogP contribution in [0.15, 0.2) is 33.6 Å². The molecule has 2 N–H and O–H groups in total. The summed E-state index contributed by atoms with van der Waals surface area (Å²) in [6.07, 6.45) is 0.615. The number of carbonyl (C=O) groups is 1. The van der Waals surface area contributed by atoms with Crippen molar-refractivity contribution in [2.75, 3.05) is 12.9 Å². The van der Waals surface area contributed by atoms with Crippen LogP contribution in [0.2, 0.25) is 0 Å². The minimum Gasteiger partial charge on any atom is -0.468 e. The van der Waals surface area contributed by atoms with Gasteiger partial charge in [-0.2, -0.15) is 0 Å². The van der Waals surface area contributed by atoms with E-state index in [2.05, 4.69) is 20.7 Å². The van der Waals surface area contributed by atoms with Crippen LogP contribution < -0.4 is 5.73 Å². The summed E-state index contributed by atoms with van der Waals surface area (Å²) < 4.78 is 5.60. The van der Waals surface area contributed by atoms with Gasteiger partial charge in [-0.3, -0.25) is 4.79 Å². The molecule has 5 heteroatoms. The number of thioether (sulfide) groups is 1. The van der Waals surface area contributed by atoms with E-state index < -0.39 is 6.04 Å². The van der Waals surface area contributed by atoms with Gasteiger partial charge >= 0.3 is 5.97 Å². The van der Waals surface area contributed by atoms with Crippen LogP contribution in [-0.4, -0.2) is 24.9 Å². The Bertz CT molecular complexity index is 360. The van der Waals surface area contributed by atoms with Gasteiger partial charge in [0.1, 0.15) is 6.04 Å². The number of hydrogen-bond donors (Lipinski definition) is 1. The minimum absolute atomic E-state index is 0.352. The van der Waals surface area contributed by atoms with Crippen molar-refractivity contribution in [2.45, 2.75) is 17.4 Å². The molecule has 0 saturated heterocycles. The summed E-state index contributed by atoms with van der Waals surface area (Å²) in [7, 11) is 1.35. The maximum Gasteiger partial charge on any atom is 0.322 e. The molecule has 0 bridgehead atoms. The molecule has 0 spiro atoms. The molecule has 0 heterocycles. The third kappa shape index (κ3) is 4.55. The molecule has 3 nitrogen and oxygen atoms in total. The first-order chi connectivity index (χ1) is 7.63. The van der Waals surface area contributed by atoms with Gasteiger partial charge < -0.3 is 10.5 Å². The van der Waals surface area contributed by atoms with E-state index in [1.165, 1.54) is 7.11 Å².